The van der Waals surface area contributed by atoms with E-state index < -0.39 is 0 Å². The Hall–Kier alpha value is -2.33. The molecule has 1 aromatic heterocycles. The number of nitriles is 2. The van der Waals surface area contributed by atoms with Crippen molar-refractivity contribution in [1.29, 1.82) is 10.5 Å². The van der Waals surface area contributed by atoms with E-state index in [9.17, 15) is 4.39 Å². The second kappa shape index (κ2) is 9.08. The zero-order chi connectivity index (χ0) is 17.4. The summed E-state index contributed by atoms with van der Waals surface area (Å²) in [5, 5.41) is 25.2. The number of nitrogens with zero attached hydrogens (tertiary/aromatic N) is 5. The Morgan fingerprint density at radius 2 is 1.92 bits per heavy atom. The molecule has 2 aromatic rings. The molecule has 0 spiro atoms. The van der Waals surface area contributed by atoms with E-state index in [0.29, 0.717) is 47.4 Å². The molecule has 6 nitrogen and oxygen atoms in total. The molecule has 1 N–H and O–H groups in total. The lowest BCUT2D eigenvalue weighted by Crippen LogP contribution is -2.29. The van der Waals surface area contributed by atoms with Crippen LogP contribution in [-0.2, 0) is 6.67 Å². The topological polar surface area (TPSA) is 80.7 Å². The average molecular weight is 362 g/mol. The van der Waals surface area contributed by atoms with Gasteiger partial charge in [0.15, 0.2) is 3.95 Å². The lowest BCUT2D eigenvalue weighted by molar-refractivity contribution is 0.215. The molecule has 0 atom stereocenters. The van der Waals surface area contributed by atoms with Crippen LogP contribution in [0.25, 0.3) is 0 Å². The van der Waals surface area contributed by atoms with Gasteiger partial charge >= 0.3 is 0 Å². The summed E-state index contributed by atoms with van der Waals surface area (Å²) in [4.78, 5) is 1.94. The van der Waals surface area contributed by atoms with Gasteiger partial charge in [-0.25, -0.2) is 9.07 Å². The fraction of sp³-hybridized carbons (Fsp3) is 0.333. The van der Waals surface area contributed by atoms with Crippen LogP contribution in [-0.4, -0.2) is 27.8 Å². The number of anilines is 2. The number of aromatic nitrogens is 2. The zero-order valence-corrected chi connectivity index (χ0v) is 14.4. The Morgan fingerprint density at radius 1 is 1.25 bits per heavy atom. The first-order valence-corrected chi connectivity index (χ1v) is 8.42. The number of hydrogen-bond acceptors (Lipinski definition) is 7. The highest BCUT2D eigenvalue weighted by Crippen LogP contribution is 2.22. The number of nitrogens with one attached hydrogen (secondary N) is 1. The van der Waals surface area contributed by atoms with Crippen LogP contribution in [0.15, 0.2) is 24.3 Å². The molecule has 0 aliphatic rings. The van der Waals surface area contributed by atoms with Crippen molar-refractivity contribution in [2.75, 3.05) is 18.4 Å². The lowest BCUT2D eigenvalue weighted by atomic mass is 10.3. The van der Waals surface area contributed by atoms with E-state index in [0.717, 1.165) is 0 Å². The van der Waals surface area contributed by atoms with Crippen molar-refractivity contribution in [2.45, 2.75) is 19.5 Å². The summed E-state index contributed by atoms with van der Waals surface area (Å²) < 4.78 is 15.8. The van der Waals surface area contributed by atoms with Crippen molar-refractivity contribution in [1.82, 2.24) is 14.7 Å². The summed E-state index contributed by atoms with van der Waals surface area (Å²) in [5.74, 6) is -0.366. The minimum absolute atomic E-state index is 0.333. The van der Waals surface area contributed by atoms with E-state index in [2.05, 4.69) is 22.6 Å². The highest BCUT2D eigenvalue weighted by Gasteiger charge is 2.10. The van der Waals surface area contributed by atoms with Gasteiger partial charge in [0.05, 0.1) is 24.5 Å². The fourth-order valence-electron chi connectivity index (χ4n) is 1.98. The van der Waals surface area contributed by atoms with E-state index in [-0.39, 0.29) is 5.82 Å². The van der Waals surface area contributed by atoms with Crippen LogP contribution < -0.4 is 5.32 Å². The summed E-state index contributed by atoms with van der Waals surface area (Å²) in [6.45, 7) is 1.46. The van der Waals surface area contributed by atoms with Gasteiger partial charge in [-0.15, -0.1) is 5.10 Å². The summed E-state index contributed by atoms with van der Waals surface area (Å²) in [7, 11) is 0. The quantitative estimate of drug-likeness (QED) is 0.722. The molecule has 0 radical (unpaired) electrons. The first-order valence-electron chi connectivity index (χ1n) is 7.20. The minimum atomic E-state index is -0.366. The number of halogens is 1. The van der Waals surface area contributed by atoms with Crippen LogP contribution in [0.5, 0.6) is 0 Å². The molecular weight excluding hydrogens is 347 g/mol. The second-order valence-electron chi connectivity index (χ2n) is 4.85. The maximum absolute atomic E-state index is 13.7. The lowest BCUT2D eigenvalue weighted by Gasteiger charge is -2.19. The van der Waals surface area contributed by atoms with Gasteiger partial charge in [0.1, 0.15) is 5.82 Å². The molecule has 0 bridgehead atoms. The Bertz CT molecular complexity index is 798. The largest absolute Gasteiger partial charge is 0.328 e. The molecule has 124 valence electrons. The monoisotopic (exact) mass is 362 g/mol. The molecule has 0 aliphatic heterocycles. The molecule has 1 aromatic carbocycles. The standard InChI is InChI=1S/C15H15FN6S2/c16-12-5-1-2-6-13(12)19-14-20-22(15(23)24-14)11-21(9-3-7-17)10-4-8-18/h1-2,5-6H,3-4,9-11H2,(H,19,20). The maximum atomic E-state index is 13.7. The number of para-hydroxylation sites is 1. The number of benzene rings is 1. The number of hydrogen-bond donors (Lipinski definition) is 1. The Balaban J connectivity index is 2.10. The van der Waals surface area contributed by atoms with Crippen molar-refractivity contribution >= 4 is 34.4 Å². The third-order valence-corrected chi connectivity index (χ3v) is 4.36. The van der Waals surface area contributed by atoms with Gasteiger partial charge in [-0.3, -0.25) is 4.90 Å². The Morgan fingerprint density at radius 3 is 2.54 bits per heavy atom. The highest BCUT2D eigenvalue weighted by atomic mass is 32.1. The minimum Gasteiger partial charge on any atom is -0.328 e. The van der Waals surface area contributed by atoms with E-state index >= 15 is 0 Å². The molecule has 9 heteroatoms. The van der Waals surface area contributed by atoms with Crippen LogP contribution in [0.1, 0.15) is 12.8 Å². The molecule has 0 saturated heterocycles. The fourth-order valence-corrected chi connectivity index (χ4v) is 2.99. The summed E-state index contributed by atoms with van der Waals surface area (Å²) >= 11 is 6.53. The number of rotatable bonds is 8. The van der Waals surface area contributed by atoms with Crippen LogP contribution >= 0.6 is 23.6 Å². The first-order chi connectivity index (χ1) is 11.6. The molecule has 1 heterocycles. The Kier molecular flexibility index (Phi) is 6.82. The van der Waals surface area contributed by atoms with Crippen LogP contribution in [0.3, 0.4) is 0 Å². The molecule has 0 amide bonds. The molecule has 0 fully saturated rings. The molecule has 24 heavy (non-hydrogen) atoms. The van der Waals surface area contributed by atoms with E-state index in [4.69, 9.17) is 22.7 Å². The molecule has 0 unspecified atom stereocenters. The maximum Gasteiger partial charge on any atom is 0.209 e. The third-order valence-electron chi connectivity index (χ3n) is 3.14. The smallest absolute Gasteiger partial charge is 0.209 e. The zero-order valence-electron chi connectivity index (χ0n) is 12.8. The van der Waals surface area contributed by atoms with Crippen LogP contribution in [0.2, 0.25) is 0 Å². The first kappa shape index (κ1) is 18.0. The molecule has 0 aliphatic carbocycles. The van der Waals surface area contributed by atoms with Crippen molar-refractivity contribution in [3.63, 3.8) is 0 Å². The second-order valence-corrected chi connectivity index (χ2v) is 6.48. The highest BCUT2D eigenvalue weighted by molar-refractivity contribution is 7.73. The van der Waals surface area contributed by atoms with E-state index in [1.54, 1.807) is 22.9 Å². The summed E-state index contributed by atoms with van der Waals surface area (Å²) in [5.41, 5.74) is 0.333. The predicted molar refractivity (Wildman–Crippen MR) is 92.7 cm³/mol. The van der Waals surface area contributed by atoms with Crippen molar-refractivity contribution < 1.29 is 4.39 Å². The molecule has 0 saturated carbocycles. The van der Waals surface area contributed by atoms with Gasteiger partial charge in [0, 0.05) is 25.9 Å². The van der Waals surface area contributed by atoms with E-state index in [1.165, 1.54) is 17.4 Å². The molecule has 2 rings (SSSR count). The van der Waals surface area contributed by atoms with Crippen LogP contribution in [0, 0.1) is 32.4 Å². The third kappa shape index (κ3) is 5.10. The van der Waals surface area contributed by atoms with Crippen molar-refractivity contribution in [2.24, 2.45) is 0 Å². The van der Waals surface area contributed by atoms with Crippen molar-refractivity contribution in [3.8, 4) is 12.1 Å². The van der Waals surface area contributed by atoms with Gasteiger partial charge < -0.3 is 5.32 Å². The van der Waals surface area contributed by atoms with Gasteiger partial charge in [-0.1, -0.05) is 23.5 Å². The average Bonchev–Trinajstić information content (AvgIpc) is 2.91. The van der Waals surface area contributed by atoms with Gasteiger partial charge in [-0.05, 0) is 24.4 Å². The summed E-state index contributed by atoms with van der Waals surface area (Å²) in [6.07, 6.45) is 0.729. The molecular formula is C15H15FN6S2. The van der Waals surface area contributed by atoms with Gasteiger partial charge in [0.25, 0.3) is 0 Å². The van der Waals surface area contributed by atoms with Gasteiger partial charge in [0.2, 0.25) is 5.13 Å². The normalized spacial score (nSPS) is 10.3. The SMILES string of the molecule is N#CCCN(CCC#N)Cn1nc(Nc2ccccc2F)sc1=S. The van der Waals surface area contributed by atoms with Crippen LogP contribution in [0.4, 0.5) is 15.2 Å². The predicted octanol–water partition coefficient (Wildman–Crippen LogP) is 3.64. The Labute approximate surface area is 148 Å². The van der Waals surface area contributed by atoms with Gasteiger partial charge in [-0.2, -0.15) is 10.5 Å². The van der Waals surface area contributed by atoms with Crippen molar-refractivity contribution in [3.05, 3.63) is 34.0 Å². The summed E-state index contributed by atoms with van der Waals surface area (Å²) in [6, 6.07) is 10.5. The van der Waals surface area contributed by atoms with E-state index in [1.807, 2.05) is 4.90 Å².